The first-order valence-corrected chi connectivity index (χ1v) is 8.42. The van der Waals surface area contributed by atoms with E-state index < -0.39 is 10.0 Å². The Kier molecular flexibility index (Phi) is 4.11. The first kappa shape index (κ1) is 14.0. The number of rotatable bonds is 3. The second kappa shape index (κ2) is 5.28. The summed E-state index contributed by atoms with van der Waals surface area (Å²) in [6.07, 6.45) is 2.61. The van der Waals surface area contributed by atoms with Gasteiger partial charge in [-0.15, -0.1) is 11.3 Å². The highest BCUT2D eigenvalue weighted by atomic mass is 32.2. The van der Waals surface area contributed by atoms with Crippen molar-refractivity contribution in [1.82, 2.24) is 4.31 Å². The smallest absolute Gasteiger partial charge is 0.244 e. The molecular weight excluding hydrogens is 270 g/mol. The molecule has 0 saturated carbocycles. The van der Waals surface area contributed by atoms with Crippen LogP contribution in [0.1, 0.15) is 29.0 Å². The molecule has 18 heavy (non-hydrogen) atoms. The van der Waals surface area contributed by atoms with Crippen LogP contribution in [0.25, 0.3) is 0 Å². The molecule has 1 saturated heterocycles. The predicted molar refractivity (Wildman–Crippen MR) is 72.4 cm³/mol. The largest absolute Gasteiger partial charge is 0.395 e. The summed E-state index contributed by atoms with van der Waals surface area (Å²) in [4.78, 5) is 2.24. The molecule has 0 aliphatic carbocycles. The fraction of sp³-hybridized carbons (Fsp3) is 0.667. The van der Waals surface area contributed by atoms with Gasteiger partial charge in [0.15, 0.2) is 0 Å². The third-order valence-electron chi connectivity index (χ3n) is 3.37. The summed E-state index contributed by atoms with van der Waals surface area (Å²) in [6.45, 7) is 4.17. The average Bonchev–Trinajstić information content (AvgIpc) is 2.69. The summed E-state index contributed by atoms with van der Waals surface area (Å²) in [5, 5.41) is 9.34. The third kappa shape index (κ3) is 2.47. The number of sulfonamides is 1. The summed E-state index contributed by atoms with van der Waals surface area (Å²) in [5.74, 6) is 0. The van der Waals surface area contributed by atoms with E-state index in [0.717, 1.165) is 29.0 Å². The number of nitrogens with zero attached hydrogens (tertiary/aromatic N) is 1. The van der Waals surface area contributed by atoms with Crippen molar-refractivity contribution in [2.24, 2.45) is 0 Å². The van der Waals surface area contributed by atoms with Crippen molar-refractivity contribution in [3.05, 3.63) is 15.8 Å². The van der Waals surface area contributed by atoms with E-state index in [2.05, 4.69) is 0 Å². The number of thiophene rings is 1. The molecule has 1 aliphatic heterocycles. The molecule has 1 aromatic rings. The summed E-state index contributed by atoms with van der Waals surface area (Å²) >= 11 is 1.50. The quantitative estimate of drug-likeness (QED) is 0.924. The first-order chi connectivity index (χ1) is 8.46. The molecule has 1 aliphatic rings. The van der Waals surface area contributed by atoms with Gasteiger partial charge in [0.25, 0.3) is 0 Å². The summed E-state index contributed by atoms with van der Waals surface area (Å²) in [6, 6.07) is 1.47. The van der Waals surface area contributed by atoms with Gasteiger partial charge in [-0.1, -0.05) is 6.42 Å². The van der Waals surface area contributed by atoms with E-state index in [1.807, 2.05) is 13.8 Å². The van der Waals surface area contributed by atoms with Crippen LogP contribution in [0.2, 0.25) is 0 Å². The van der Waals surface area contributed by atoms with Gasteiger partial charge in [-0.05, 0) is 32.8 Å². The first-order valence-electron chi connectivity index (χ1n) is 6.16. The van der Waals surface area contributed by atoms with Crippen molar-refractivity contribution in [2.75, 3.05) is 13.2 Å². The van der Waals surface area contributed by atoms with Crippen molar-refractivity contribution in [1.29, 1.82) is 0 Å². The van der Waals surface area contributed by atoms with E-state index in [0.29, 0.717) is 11.4 Å². The number of aliphatic hydroxyl groups is 1. The minimum Gasteiger partial charge on any atom is -0.395 e. The molecule has 0 radical (unpaired) electrons. The maximum atomic E-state index is 12.6. The van der Waals surface area contributed by atoms with E-state index in [1.165, 1.54) is 15.6 Å². The Hall–Kier alpha value is -0.430. The number of aryl methyl sites for hydroxylation is 2. The zero-order valence-corrected chi connectivity index (χ0v) is 12.4. The van der Waals surface area contributed by atoms with Crippen molar-refractivity contribution in [3.8, 4) is 0 Å². The lowest BCUT2D eigenvalue weighted by Crippen LogP contribution is -2.45. The molecule has 0 spiro atoms. The molecule has 0 aromatic carbocycles. The lowest BCUT2D eigenvalue weighted by molar-refractivity contribution is 0.155. The van der Waals surface area contributed by atoms with E-state index in [9.17, 15) is 13.5 Å². The van der Waals surface area contributed by atoms with Crippen LogP contribution in [0.4, 0.5) is 0 Å². The Labute approximate surface area is 112 Å². The summed E-state index contributed by atoms with van der Waals surface area (Å²) in [7, 11) is -3.45. The van der Waals surface area contributed by atoms with Gasteiger partial charge in [-0.25, -0.2) is 8.42 Å². The van der Waals surface area contributed by atoms with Crippen LogP contribution in [0.5, 0.6) is 0 Å². The normalized spacial score (nSPS) is 22.3. The summed E-state index contributed by atoms with van der Waals surface area (Å²) in [5.41, 5.74) is 0. The highest BCUT2D eigenvalue weighted by Gasteiger charge is 2.34. The zero-order chi connectivity index (χ0) is 13.3. The molecule has 0 bridgehead atoms. The Morgan fingerprint density at radius 1 is 1.44 bits per heavy atom. The lowest BCUT2D eigenvalue weighted by Gasteiger charge is -2.33. The van der Waals surface area contributed by atoms with E-state index in [-0.39, 0.29) is 12.6 Å². The Bertz CT molecular complexity index is 521. The van der Waals surface area contributed by atoms with Gasteiger partial charge in [0.05, 0.1) is 11.5 Å². The van der Waals surface area contributed by atoms with Crippen molar-refractivity contribution in [3.63, 3.8) is 0 Å². The Balaban J connectivity index is 2.38. The van der Waals surface area contributed by atoms with Gasteiger partial charge < -0.3 is 5.11 Å². The Morgan fingerprint density at radius 2 is 2.17 bits per heavy atom. The standard InChI is InChI=1S/C12H19NO3S2/c1-9-7-12(10(2)17-9)18(15,16)13-6-4-3-5-11(13)8-14/h7,11,14H,3-6,8H2,1-2H3. The fourth-order valence-electron chi connectivity index (χ4n) is 2.46. The SMILES string of the molecule is Cc1cc(S(=O)(=O)N2CCCCC2CO)c(C)s1. The zero-order valence-electron chi connectivity index (χ0n) is 10.7. The molecular formula is C12H19NO3S2. The van der Waals surface area contributed by atoms with Gasteiger partial charge in [0.2, 0.25) is 10.0 Å². The van der Waals surface area contributed by atoms with E-state index in [4.69, 9.17) is 0 Å². The minimum atomic E-state index is -3.45. The monoisotopic (exact) mass is 289 g/mol. The van der Waals surface area contributed by atoms with Gasteiger partial charge >= 0.3 is 0 Å². The van der Waals surface area contributed by atoms with E-state index >= 15 is 0 Å². The van der Waals surface area contributed by atoms with Crippen molar-refractivity contribution in [2.45, 2.75) is 44.0 Å². The van der Waals surface area contributed by atoms with Crippen LogP contribution in [0.15, 0.2) is 11.0 Å². The molecule has 102 valence electrons. The second-order valence-corrected chi connectivity index (χ2v) is 8.04. The maximum Gasteiger partial charge on any atom is 0.244 e. The second-order valence-electron chi connectivity index (χ2n) is 4.73. The molecule has 1 aromatic heterocycles. The van der Waals surface area contributed by atoms with Crippen molar-refractivity contribution < 1.29 is 13.5 Å². The minimum absolute atomic E-state index is 0.0958. The van der Waals surface area contributed by atoms with Crippen LogP contribution in [-0.4, -0.2) is 37.0 Å². The highest BCUT2D eigenvalue weighted by Crippen LogP contribution is 2.31. The number of piperidine rings is 1. The molecule has 2 rings (SSSR count). The molecule has 2 heterocycles. The molecule has 1 unspecified atom stereocenters. The van der Waals surface area contributed by atoms with Crippen LogP contribution in [-0.2, 0) is 10.0 Å². The number of hydrogen-bond donors (Lipinski definition) is 1. The van der Waals surface area contributed by atoms with Gasteiger partial charge in [-0.2, -0.15) is 4.31 Å². The molecule has 6 heteroatoms. The van der Waals surface area contributed by atoms with Crippen LogP contribution < -0.4 is 0 Å². The maximum absolute atomic E-state index is 12.6. The number of aliphatic hydroxyl groups excluding tert-OH is 1. The predicted octanol–water partition coefficient (Wildman–Crippen LogP) is 1.90. The third-order valence-corrected chi connectivity index (χ3v) is 6.54. The molecule has 1 atom stereocenters. The Morgan fingerprint density at radius 3 is 2.72 bits per heavy atom. The lowest BCUT2D eigenvalue weighted by atomic mass is 10.1. The van der Waals surface area contributed by atoms with Crippen LogP contribution in [0.3, 0.4) is 0 Å². The van der Waals surface area contributed by atoms with Crippen LogP contribution >= 0.6 is 11.3 Å². The van der Waals surface area contributed by atoms with Gasteiger partial charge in [0.1, 0.15) is 0 Å². The van der Waals surface area contributed by atoms with Crippen molar-refractivity contribution >= 4 is 21.4 Å². The van der Waals surface area contributed by atoms with Crippen LogP contribution in [0, 0.1) is 13.8 Å². The number of hydrogen-bond acceptors (Lipinski definition) is 4. The van der Waals surface area contributed by atoms with Gasteiger partial charge in [-0.3, -0.25) is 0 Å². The summed E-state index contributed by atoms with van der Waals surface area (Å²) < 4.78 is 26.7. The highest BCUT2D eigenvalue weighted by molar-refractivity contribution is 7.89. The molecule has 0 amide bonds. The van der Waals surface area contributed by atoms with E-state index in [1.54, 1.807) is 6.07 Å². The fourth-order valence-corrected chi connectivity index (χ4v) is 5.67. The topological polar surface area (TPSA) is 57.6 Å². The molecule has 1 N–H and O–H groups in total. The van der Waals surface area contributed by atoms with Gasteiger partial charge in [0, 0.05) is 22.3 Å². The molecule has 1 fully saturated rings. The molecule has 4 nitrogen and oxygen atoms in total. The average molecular weight is 289 g/mol.